The zero-order valence-corrected chi connectivity index (χ0v) is 14.8. The van der Waals surface area contributed by atoms with Crippen LogP contribution in [0.4, 0.5) is 0 Å². The van der Waals surface area contributed by atoms with Crippen molar-refractivity contribution in [1.82, 2.24) is 0 Å². The van der Waals surface area contributed by atoms with E-state index in [-0.39, 0.29) is 0 Å². The Morgan fingerprint density at radius 3 is 2.30 bits per heavy atom. The maximum absolute atomic E-state index is 6.33. The lowest BCUT2D eigenvalue weighted by atomic mass is 9.82. The molecule has 1 heteroatoms. The molecule has 0 bridgehead atoms. The van der Waals surface area contributed by atoms with Gasteiger partial charge in [0, 0.05) is 5.92 Å². The van der Waals surface area contributed by atoms with Gasteiger partial charge >= 0.3 is 0 Å². The van der Waals surface area contributed by atoms with E-state index in [0.29, 0.717) is 12.0 Å². The summed E-state index contributed by atoms with van der Waals surface area (Å²) >= 11 is 0. The third-order valence-electron chi connectivity index (χ3n) is 5.48. The fraction of sp³-hybridized carbons (Fsp3) is 0.545. The van der Waals surface area contributed by atoms with Crippen molar-refractivity contribution in [3.8, 4) is 0 Å². The van der Waals surface area contributed by atoms with Crippen molar-refractivity contribution in [2.24, 2.45) is 5.92 Å². The van der Waals surface area contributed by atoms with E-state index in [4.69, 9.17) is 4.74 Å². The number of allylic oxidation sites excluding steroid dienone is 4. The van der Waals surface area contributed by atoms with E-state index in [1.54, 1.807) is 0 Å². The Labute approximate surface area is 141 Å². The van der Waals surface area contributed by atoms with Crippen LogP contribution in [0.25, 0.3) is 0 Å². The van der Waals surface area contributed by atoms with Gasteiger partial charge in [-0.2, -0.15) is 0 Å². The first-order chi connectivity index (χ1) is 11.2. The zero-order chi connectivity index (χ0) is 16.2. The molecule has 0 saturated heterocycles. The molecule has 1 aromatic carbocycles. The Kier molecular flexibility index (Phi) is 5.25. The van der Waals surface area contributed by atoms with Crippen molar-refractivity contribution >= 4 is 0 Å². The molecule has 1 atom stereocenters. The van der Waals surface area contributed by atoms with Crippen molar-refractivity contribution in [3.05, 3.63) is 58.9 Å². The van der Waals surface area contributed by atoms with Crippen molar-refractivity contribution in [2.45, 2.75) is 71.3 Å². The molecule has 23 heavy (non-hydrogen) atoms. The second kappa shape index (κ2) is 7.38. The molecule has 1 nitrogen and oxygen atoms in total. The molecular formula is C22H30O. The average Bonchev–Trinajstić information content (AvgIpc) is 2.58. The van der Waals surface area contributed by atoms with E-state index in [2.05, 4.69) is 57.2 Å². The summed E-state index contributed by atoms with van der Waals surface area (Å²) in [4.78, 5) is 0. The first-order valence-corrected chi connectivity index (χ1v) is 9.28. The van der Waals surface area contributed by atoms with Gasteiger partial charge in [-0.15, -0.1) is 0 Å². The van der Waals surface area contributed by atoms with Crippen LogP contribution in [0.2, 0.25) is 0 Å². The minimum atomic E-state index is 0.418. The molecule has 1 unspecified atom stereocenters. The minimum Gasteiger partial charge on any atom is -0.494 e. The maximum Gasteiger partial charge on any atom is 0.0995 e. The monoisotopic (exact) mass is 310 g/mol. The van der Waals surface area contributed by atoms with Crippen LogP contribution in [0.15, 0.2) is 47.7 Å². The van der Waals surface area contributed by atoms with Gasteiger partial charge in [-0.3, -0.25) is 0 Å². The first kappa shape index (κ1) is 16.4. The summed E-state index contributed by atoms with van der Waals surface area (Å²) in [5.74, 6) is 2.46. The van der Waals surface area contributed by atoms with Crippen LogP contribution in [0.5, 0.6) is 0 Å². The topological polar surface area (TPSA) is 9.23 Å². The summed E-state index contributed by atoms with van der Waals surface area (Å²) in [5.41, 5.74) is 4.42. The van der Waals surface area contributed by atoms with Crippen molar-refractivity contribution in [3.63, 3.8) is 0 Å². The maximum atomic E-state index is 6.33. The van der Waals surface area contributed by atoms with Gasteiger partial charge in [0.15, 0.2) is 0 Å². The molecular weight excluding hydrogens is 280 g/mol. The number of hydrogen-bond donors (Lipinski definition) is 0. The smallest absolute Gasteiger partial charge is 0.0995 e. The van der Waals surface area contributed by atoms with E-state index in [9.17, 15) is 0 Å². The normalized spacial score (nSPS) is 28.0. The molecule has 1 aromatic rings. The number of benzene rings is 1. The van der Waals surface area contributed by atoms with Gasteiger partial charge in [-0.25, -0.2) is 0 Å². The summed E-state index contributed by atoms with van der Waals surface area (Å²) in [6, 6.07) is 9.26. The van der Waals surface area contributed by atoms with Crippen LogP contribution in [0.1, 0.15) is 69.9 Å². The first-order valence-electron chi connectivity index (χ1n) is 9.28. The third-order valence-corrected chi connectivity index (χ3v) is 5.48. The quantitative estimate of drug-likeness (QED) is 0.647. The summed E-state index contributed by atoms with van der Waals surface area (Å²) in [5, 5.41) is 0. The Hall–Kier alpha value is -1.50. The fourth-order valence-corrected chi connectivity index (χ4v) is 3.93. The van der Waals surface area contributed by atoms with Crippen LogP contribution in [0, 0.1) is 5.92 Å². The molecule has 0 spiro atoms. The lowest BCUT2D eigenvalue weighted by Gasteiger charge is -2.32. The Bertz CT molecular complexity index is 570. The van der Waals surface area contributed by atoms with E-state index in [1.165, 1.54) is 48.1 Å². The SMILES string of the molecule is CCc1ccc(C2CCC(OC3=CC=C(C)CC3C)CC2)cc1. The molecule has 0 radical (unpaired) electrons. The molecule has 2 aliphatic rings. The highest BCUT2D eigenvalue weighted by atomic mass is 16.5. The molecule has 2 aliphatic carbocycles. The van der Waals surface area contributed by atoms with Crippen LogP contribution < -0.4 is 0 Å². The predicted molar refractivity (Wildman–Crippen MR) is 97.5 cm³/mol. The fourth-order valence-electron chi connectivity index (χ4n) is 3.93. The molecule has 1 fully saturated rings. The second-order valence-corrected chi connectivity index (χ2v) is 7.37. The van der Waals surface area contributed by atoms with Crippen molar-refractivity contribution < 1.29 is 4.74 Å². The van der Waals surface area contributed by atoms with Gasteiger partial charge in [0.05, 0.1) is 11.9 Å². The van der Waals surface area contributed by atoms with E-state index < -0.39 is 0 Å². The Morgan fingerprint density at radius 1 is 1.00 bits per heavy atom. The summed E-state index contributed by atoms with van der Waals surface area (Å²) in [7, 11) is 0. The van der Waals surface area contributed by atoms with Crippen molar-refractivity contribution in [1.29, 1.82) is 0 Å². The molecule has 0 aromatic heterocycles. The highest BCUT2D eigenvalue weighted by Gasteiger charge is 2.25. The van der Waals surface area contributed by atoms with E-state index >= 15 is 0 Å². The van der Waals surface area contributed by atoms with Crippen LogP contribution in [-0.4, -0.2) is 6.10 Å². The highest BCUT2D eigenvalue weighted by molar-refractivity contribution is 5.26. The van der Waals surface area contributed by atoms with Gasteiger partial charge in [0.2, 0.25) is 0 Å². The van der Waals surface area contributed by atoms with Crippen LogP contribution >= 0.6 is 0 Å². The molecule has 0 heterocycles. The number of ether oxygens (including phenoxy) is 1. The van der Waals surface area contributed by atoms with Gasteiger partial charge in [0.25, 0.3) is 0 Å². The lowest BCUT2D eigenvalue weighted by molar-refractivity contribution is 0.0602. The lowest BCUT2D eigenvalue weighted by Crippen LogP contribution is -2.22. The third kappa shape index (κ3) is 4.07. The molecule has 0 N–H and O–H groups in total. The van der Waals surface area contributed by atoms with Gasteiger partial charge in [-0.05, 0) is 68.6 Å². The standard InChI is InChI=1S/C22H30O/c1-4-18-6-8-19(9-7-18)20-10-12-21(13-11-20)23-22-14-5-16(2)15-17(22)3/h5-9,14,17,20-21H,4,10-13,15H2,1-3H3. The molecule has 0 amide bonds. The van der Waals surface area contributed by atoms with E-state index in [0.717, 1.165) is 18.8 Å². The predicted octanol–water partition coefficient (Wildman–Crippen LogP) is 6.16. The summed E-state index contributed by atoms with van der Waals surface area (Å²) in [6.45, 7) is 6.71. The number of hydrogen-bond acceptors (Lipinski definition) is 1. The minimum absolute atomic E-state index is 0.418. The van der Waals surface area contributed by atoms with Crippen LogP contribution in [0.3, 0.4) is 0 Å². The van der Waals surface area contributed by atoms with Gasteiger partial charge in [-0.1, -0.05) is 49.8 Å². The Balaban J connectivity index is 1.54. The summed E-state index contributed by atoms with van der Waals surface area (Å²) in [6.07, 6.45) is 12.0. The molecule has 124 valence electrons. The molecule has 3 rings (SSSR count). The highest BCUT2D eigenvalue weighted by Crippen LogP contribution is 2.36. The summed E-state index contributed by atoms with van der Waals surface area (Å²) < 4.78 is 6.33. The van der Waals surface area contributed by atoms with Gasteiger partial charge < -0.3 is 4.74 Å². The van der Waals surface area contributed by atoms with Crippen LogP contribution in [-0.2, 0) is 11.2 Å². The second-order valence-electron chi connectivity index (χ2n) is 7.37. The van der Waals surface area contributed by atoms with Crippen molar-refractivity contribution in [2.75, 3.05) is 0 Å². The largest absolute Gasteiger partial charge is 0.494 e. The Morgan fingerprint density at radius 2 is 1.70 bits per heavy atom. The number of aryl methyl sites for hydroxylation is 1. The number of rotatable bonds is 4. The van der Waals surface area contributed by atoms with E-state index in [1.807, 2.05) is 0 Å². The zero-order valence-electron chi connectivity index (χ0n) is 14.8. The molecule has 0 aliphatic heterocycles. The molecule has 1 saturated carbocycles. The average molecular weight is 310 g/mol. The van der Waals surface area contributed by atoms with Gasteiger partial charge in [0.1, 0.15) is 0 Å².